The molecule has 0 unspecified atom stereocenters. The molecule has 0 saturated carbocycles. The molecular weight excluding hydrogens is 308 g/mol. The number of nitro groups is 1. The molecule has 1 fully saturated rings. The van der Waals surface area contributed by atoms with Crippen molar-refractivity contribution in [3.8, 4) is 0 Å². The average molecular weight is 329 g/mol. The van der Waals surface area contributed by atoms with E-state index in [0.717, 1.165) is 38.9 Å². The lowest BCUT2D eigenvalue weighted by molar-refractivity contribution is -0.385. The lowest BCUT2D eigenvalue weighted by Crippen LogP contribution is -2.44. The second-order valence-corrected chi connectivity index (χ2v) is 5.94. The van der Waals surface area contributed by atoms with E-state index in [1.54, 1.807) is 0 Å². The monoisotopic (exact) mass is 328 g/mol. The predicted octanol–water partition coefficient (Wildman–Crippen LogP) is 1.93. The topological polar surface area (TPSA) is 82.7 Å². The van der Waals surface area contributed by atoms with E-state index < -0.39 is 4.92 Å². The summed E-state index contributed by atoms with van der Waals surface area (Å²) in [6, 6.07) is 1.84. The summed E-state index contributed by atoms with van der Waals surface area (Å²) in [6.07, 6.45) is 4.00. The van der Waals surface area contributed by atoms with Crippen LogP contribution < -0.4 is 4.90 Å². The summed E-state index contributed by atoms with van der Waals surface area (Å²) in [7, 11) is 2.08. The van der Waals surface area contributed by atoms with Gasteiger partial charge in [-0.3, -0.25) is 10.1 Å². The number of piperidine rings is 1. The van der Waals surface area contributed by atoms with Gasteiger partial charge in [0.15, 0.2) is 0 Å². The lowest BCUT2D eigenvalue weighted by atomic mass is 10.0. The minimum atomic E-state index is -0.495. The summed E-state index contributed by atoms with van der Waals surface area (Å²) in [5.74, 6) is 0.615. The van der Waals surface area contributed by atoms with Crippen molar-refractivity contribution in [3.05, 3.63) is 27.4 Å². The van der Waals surface area contributed by atoms with Gasteiger partial charge >= 0.3 is 0 Å². The van der Waals surface area contributed by atoms with Crippen LogP contribution in [0.25, 0.3) is 0 Å². The van der Waals surface area contributed by atoms with Crippen molar-refractivity contribution < 1.29 is 10.0 Å². The van der Waals surface area contributed by atoms with E-state index in [0.29, 0.717) is 16.9 Å². The molecule has 7 nitrogen and oxygen atoms in total. The number of aliphatic hydroxyl groups excluding tert-OH is 1. The number of halogens is 1. The second-order valence-electron chi connectivity index (χ2n) is 5.53. The van der Waals surface area contributed by atoms with Gasteiger partial charge in [0, 0.05) is 38.3 Å². The number of anilines is 1. The molecule has 1 aromatic heterocycles. The summed E-state index contributed by atoms with van der Waals surface area (Å²) in [4.78, 5) is 18.7. The molecule has 0 aliphatic carbocycles. The molecule has 8 heteroatoms. The van der Waals surface area contributed by atoms with Gasteiger partial charge in [0.25, 0.3) is 5.69 Å². The molecule has 0 radical (unpaired) electrons. The van der Waals surface area contributed by atoms with E-state index in [1.165, 1.54) is 12.3 Å². The largest absolute Gasteiger partial charge is 0.396 e. The minimum Gasteiger partial charge on any atom is -0.396 e. The maximum atomic E-state index is 10.7. The van der Waals surface area contributed by atoms with E-state index in [1.807, 2.05) is 0 Å². The zero-order valence-corrected chi connectivity index (χ0v) is 13.4. The van der Waals surface area contributed by atoms with E-state index in [-0.39, 0.29) is 12.3 Å². The lowest BCUT2D eigenvalue weighted by Gasteiger charge is -2.37. The molecule has 1 aliphatic rings. The zero-order valence-electron chi connectivity index (χ0n) is 12.6. The molecule has 22 heavy (non-hydrogen) atoms. The zero-order chi connectivity index (χ0) is 16.1. The number of pyridine rings is 1. The fraction of sp³-hybridized carbons (Fsp3) is 0.643. The number of aliphatic hydroxyl groups is 1. The molecule has 1 aliphatic heterocycles. The summed E-state index contributed by atoms with van der Waals surface area (Å²) in [6.45, 7) is 2.74. The van der Waals surface area contributed by atoms with Crippen LogP contribution >= 0.6 is 11.6 Å². The van der Waals surface area contributed by atoms with Crippen molar-refractivity contribution in [2.75, 3.05) is 38.2 Å². The smallest absolute Gasteiger partial charge is 0.289 e. The Morgan fingerprint density at radius 3 is 2.77 bits per heavy atom. The predicted molar refractivity (Wildman–Crippen MR) is 85.5 cm³/mol. The van der Waals surface area contributed by atoms with Gasteiger partial charge in [0.1, 0.15) is 12.0 Å². The van der Waals surface area contributed by atoms with Gasteiger partial charge in [-0.2, -0.15) is 0 Å². The van der Waals surface area contributed by atoms with Gasteiger partial charge in [-0.05, 0) is 26.3 Å². The second kappa shape index (κ2) is 7.71. The summed E-state index contributed by atoms with van der Waals surface area (Å²) < 4.78 is 0. The quantitative estimate of drug-likeness (QED) is 0.634. The average Bonchev–Trinajstić information content (AvgIpc) is 2.52. The maximum absolute atomic E-state index is 10.7. The fourth-order valence-corrected chi connectivity index (χ4v) is 3.05. The summed E-state index contributed by atoms with van der Waals surface area (Å²) >= 11 is 6.13. The first-order valence-electron chi connectivity index (χ1n) is 7.39. The third-order valence-corrected chi connectivity index (χ3v) is 4.35. The van der Waals surface area contributed by atoms with Crippen LogP contribution in [0.3, 0.4) is 0 Å². The first kappa shape index (κ1) is 16.9. The highest BCUT2D eigenvalue weighted by Crippen LogP contribution is 2.29. The van der Waals surface area contributed by atoms with Crippen molar-refractivity contribution in [1.29, 1.82) is 0 Å². The van der Waals surface area contributed by atoms with Crippen LogP contribution in [0.2, 0.25) is 5.02 Å². The highest BCUT2D eigenvalue weighted by atomic mass is 35.5. The van der Waals surface area contributed by atoms with Gasteiger partial charge in [-0.15, -0.1) is 0 Å². The number of hydrogen-bond donors (Lipinski definition) is 1. The van der Waals surface area contributed by atoms with Crippen LogP contribution in [-0.4, -0.2) is 59.2 Å². The van der Waals surface area contributed by atoms with Crippen molar-refractivity contribution in [2.45, 2.75) is 25.3 Å². The van der Waals surface area contributed by atoms with Gasteiger partial charge in [0.05, 0.1) is 9.95 Å². The standard InChI is InChI=1S/C14H21ClN4O3/c1-17(5-2-8-20)11-3-6-18(7-4-11)14-13(15)9-12(10-16-14)19(21)22/h9-11,20H,2-8H2,1H3. The molecule has 2 heterocycles. The number of nitrogens with zero attached hydrogens (tertiary/aromatic N) is 4. The molecule has 1 aromatic rings. The fourth-order valence-electron chi connectivity index (χ4n) is 2.77. The Bertz CT molecular complexity index is 521. The summed E-state index contributed by atoms with van der Waals surface area (Å²) in [5, 5.41) is 19.9. The highest BCUT2D eigenvalue weighted by Gasteiger charge is 2.24. The molecule has 2 rings (SSSR count). The SMILES string of the molecule is CN(CCCO)C1CCN(c2ncc([N+](=O)[O-])cc2Cl)CC1. The van der Waals surface area contributed by atoms with Crippen molar-refractivity contribution in [1.82, 2.24) is 9.88 Å². The molecular formula is C14H21ClN4O3. The maximum Gasteiger partial charge on any atom is 0.289 e. The van der Waals surface area contributed by atoms with Gasteiger partial charge in [-0.25, -0.2) is 4.98 Å². The van der Waals surface area contributed by atoms with Crippen LogP contribution in [0.4, 0.5) is 11.5 Å². The Morgan fingerprint density at radius 1 is 1.55 bits per heavy atom. The van der Waals surface area contributed by atoms with E-state index in [4.69, 9.17) is 16.7 Å². The normalized spacial score (nSPS) is 16.3. The van der Waals surface area contributed by atoms with Crippen LogP contribution in [0.5, 0.6) is 0 Å². The Balaban J connectivity index is 1.95. The molecule has 0 atom stereocenters. The third kappa shape index (κ3) is 4.06. The van der Waals surface area contributed by atoms with Crippen LogP contribution in [0, 0.1) is 10.1 Å². The highest BCUT2D eigenvalue weighted by molar-refractivity contribution is 6.33. The minimum absolute atomic E-state index is 0.0904. The van der Waals surface area contributed by atoms with Crippen molar-refractivity contribution >= 4 is 23.1 Å². The number of aromatic nitrogens is 1. The Kier molecular flexibility index (Phi) is 5.93. The molecule has 122 valence electrons. The summed E-state index contributed by atoms with van der Waals surface area (Å²) in [5.41, 5.74) is -0.0904. The molecule has 1 N–H and O–H groups in total. The van der Waals surface area contributed by atoms with E-state index in [9.17, 15) is 10.1 Å². The first-order valence-corrected chi connectivity index (χ1v) is 7.76. The van der Waals surface area contributed by atoms with Crippen LogP contribution in [0.15, 0.2) is 12.3 Å². The van der Waals surface area contributed by atoms with Crippen LogP contribution in [-0.2, 0) is 0 Å². The molecule has 0 aromatic carbocycles. The van der Waals surface area contributed by atoms with Gasteiger partial charge in [-0.1, -0.05) is 11.6 Å². The number of hydrogen-bond acceptors (Lipinski definition) is 6. The number of rotatable bonds is 6. The molecule has 0 spiro atoms. The first-order chi connectivity index (χ1) is 10.5. The Labute approximate surface area is 134 Å². The Hall–Kier alpha value is -1.44. The molecule has 0 bridgehead atoms. The molecule has 1 saturated heterocycles. The van der Waals surface area contributed by atoms with Gasteiger partial charge < -0.3 is 14.9 Å². The molecule has 0 amide bonds. The van der Waals surface area contributed by atoms with Crippen molar-refractivity contribution in [3.63, 3.8) is 0 Å². The van der Waals surface area contributed by atoms with E-state index in [2.05, 4.69) is 21.8 Å². The van der Waals surface area contributed by atoms with E-state index >= 15 is 0 Å². The van der Waals surface area contributed by atoms with Crippen LogP contribution in [0.1, 0.15) is 19.3 Å². The Morgan fingerprint density at radius 2 is 2.23 bits per heavy atom. The van der Waals surface area contributed by atoms with Gasteiger partial charge in [0.2, 0.25) is 0 Å². The van der Waals surface area contributed by atoms with Crippen molar-refractivity contribution in [2.24, 2.45) is 0 Å². The third-order valence-electron chi connectivity index (χ3n) is 4.07.